The number of nitrogens with zero attached hydrogens (tertiary/aromatic N) is 3. The molecule has 0 aliphatic carbocycles. The van der Waals surface area contributed by atoms with E-state index in [2.05, 4.69) is 4.90 Å². The molecule has 1 aliphatic heterocycles. The summed E-state index contributed by atoms with van der Waals surface area (Å²) in [7, 11) is 0. The van der Waals surface area contributed by atoms with Crippen molar-refractivity contribution in [1.29, 1.82) is 0 Å². The lowest BCUT2D eigenvalue weighted by molar-refractivity contribution is -0.132. The van der Waals surface area contributed by atoms with Crippen LogP contribution in [-0.4, -0.2) is 41.6 Å². The van der Waals surface area contributed by atoms with E-state index in [0.29, 0.717) is 18.5 Å². The molecule has 1 fully saturated rings. The molecule has 0 N–H and O–H groups in total. The highest BCUT2D eigenvalue weighted by molar-refractivity contribution is 6.30. The van der Waals surface area contributed by atoms with Gasteiger partial charge in [0, 0.05) is 54.5 Å². The smallest absolute Gasteiger partial charge is 0.242 e. The number of amides is 1. The molecule has 5 nitrogen and oxygen atoms in total. The average molecular weight is 382 g/mol. The van der Waals surface area contributed by atoms with E-state index in [4.69, 9.17) is 11.6 Å². The summed E-state index contributed by atoms with van der Waals surface area (Å²) in [6, 6.07) is 16.7. The van der Waals surface area contributed by atoms with Crippen LogP contribution in [0.5, 0.6) is 0 Å². The van der Waals surface area contributed by atoms with Crippen molar-refractivity contribution in [2.24, 2.45) is 0 Å². The maximum absolute atomic E-state index is 12.8. The third-order valence-corrected chi connectivity index (χ3v) is 5.23. The zero-order chi connectivity index (χ0) is 18.8. The highest BCUT2D eigenvalue weighted by atomic mass is 35.5. The van der Waals surface area contributed by atoms with Crippen molar-refractivity contribution < 1.29 is 4.79 Å². The maximum Gasteiger partial charge on any atom is 0.242 e. The van der Waals surface area contributed by atoms with Gasteiger partial charge in [-0.25, -0.2) is 0 Å². The van der Waals surface area contributed by atoms with Gasteiger partial charge in [0.1, 0.15) is 6.54 Å². The van der Waals surface area contributed by atoms with Crippen LogP contribution in [-0.2, 0) is 11.3 Å². The van der Waals surface area contributed by atoms with Crippen molar-refractivity contribution in [1.82, 2.24) is 9.47 Å². The SMILES string of the molecule is O=C(Cn1ccc(=O)c2ccccc21)N1CCN(c2cccc(Cl)c2)CC1. The molecule has 2 aromatic carbocycles. The minimum atomic E-state index is -0.0237. The van der Waals surface area contributed by atoms with Crippen LogP contribution >= 0.6 is 11.6 Å². The van der Waals surface area contributed by atoms with Crippen LogP contribution in [0.2, 0.25) is 5.02 Å². The lowest BCUT2D eigenvalue weighted by Crippen LogP contribution is -2.49. The van der Waals surface area contributed by atoms with Gasteiger partial charge >= 0.3 is 0 Å². The van der Waals surface area contributed by atoms with Crippen LogP contribution in [0.1, 0.15) is 0 Å². The van der Waals surface area contributed by atoms with Crippen molar-refractivity contribution in [3.8, 4) is 0 Å². The predicted molar refractivity (Wildman–Crippen MR) is 108 cm³/mol. The Hall–Kier alpha value is -2.79. The van der Waals surface area contributed by atoms with E-state index < -0.39 is 0 Å². The standard InChI is InChI=1S/C21H20ClN3O2/c22-16-4-3-5-17(14-16)23-10-12-24(13-11-23)21(27)15-25-9-8-20(26)18-6-1-2-7-19(18)25/h1-9,14H,10-13,15H2. The van der Waals surface area contributed by atoms with Gasteiger partial charge in [0.15, 0.2) is 5.43 Å². The molecule has 3 aromatic rings. The number of para-hydroxylation sites is 1. The summed E-state index contributed by atoms with van der Waals surface area (Å²) in [4.78, 5) is 28.9. The summed E-state index contributed by atoms with van der Waals surface area (Å²) in [5, 5.41) is 1.36. The summed E-state index contributed by atoms with van der Waals surface area (Å²) < 4.78 is 1.85. The van der Waals surface area contributed by atoms with E-state index >= 15 is 0 Å². The molecular weight excluding hydrogens is 362 g/mol. The largest absolute Gasteiger partial charge is 0.368 e. The Morgan fingerprint density at radius 3 is 2.52 bits per heavy atom. The summed E-state index contributed by atoms with van der Waals surface area (Å²) in [5.41, 5.74) is 1.85. The van der Waals surface area contributed by atoms with Gasteiger partial charge in [-0.3, -0.25) is 9.59 Å². The number of hydrogen-bond acceptors (Lipinski definition) is 3. The molecular formula is C21H20ClN3O2. The number of benzene rings is 2. The molecule has 0 saturated carbocycles. The van der Waals surface area contributed by atoms with E-state index in [1.54, 1.807) is 12.3 Å². The summed E-state index contributed by atoms with van der Waals surface area (Å²) in [6.45, 7) is 3.12. The molecule has 2 heterocycles. The molecule has 0 unspecified atom stereocenters. The maximum atomic E-state index is 12.8. The molecule has 138 valence electrons. The molecule has 4 rings (SSSR count). The van der Waals surface area contributed by atoms with Crippen molar-refractivity contribution in [3.05, 3.63) is 76.0 Å². The van der Waals surface area contributed by atoms with Crippen molar-refractivity contribution in [2.75, 3.05) is 31.1 Å². The molecule has 1 amide bonds. The average Bonchev–Trinajstić information content (AvgIpc) is 2.70. The van der Waals surface area contributed by atoms with E-state index in [1.807, 2.05) is 51.9 Å². The lowest BCUT2D eigenvalue weighted by atomic mass is 10.2. The second-order valence-electron chi connectivity index (χ2n) is 6.67. The van der Waals surface area contributed by atoms with Gasteiger partial charge in [-0.15, -0.1) is 0 Å². The van der Waals surface area contributed by atoms with Gasteiger partial charge in [0.2, 0.25) is 5.91 Å². The first-order valence-electron chi connectivity index (χ1n) is 8.98. The Morgan fingerprint density at radius 1 is 0.963 bits per heavy atom. The van der Waals surface area contributed by atoms with E-state index in [-0.39, 0.29) is 17.9 Å². The summed E-state index contributed by atoms with van der Waals surface area (Å²) >= 11 is 6.08. The van der Waals surface area contributed by atoms with Gasteiger partial charge in [0.25, 0.3) is 0 Å². The second-order valence-corrected chi connectivity index (χ2v) is 7.11. The Morgan fingerprint density at radius 2 is 1.74 bits per heavy atom. The van der Waals surface area contributed by atoms with E-state index in [1.165, 1.54) is 6.07 Å². The van der Waals surface area contributed by atoms with Crippen LogP contribution in [0.4, 0.5) is 5.69 Å². The number of fused-ring (bicyclic) bond motifs is 1. The van der Waals surface area contributed by atoms with Gasteiger partial charge in [0.05, 0.1) is 5.52 Å². The second kappa shape index (κ2) is 7.45. The Bertz CT molecular complexity index is 1040. The fourth-order valence-electron chi connectivity index (χ4n) is 3.53. The molecule has 0 atom stereocenters. The Labute approximate surface area is 162 Å². The molecule has 0 bridgehead atoms. The number of rotatable bonds is 3. The van der Waals surface area contributed by atoms with Gasteiger partial charge < -0.3 is 14.4 Å². The lowest BCUT2D eigenvalue weighted by Gasteiger charge is -2.36. The number of aromatic nitrogens is 1. The number of carbonyl (C=O) groups excluding carboxylic acids is 1. The fourth-order valence-corrected chi connectivity index (χ4v) is 3.72. The minimum absolute atomic E-state index is 0.0237. The predicted octanol–water partition coefficient (Wildman–Crippen LogP) is 3.00. The third-order valence-electron chi connectivity index (χ3n) is 5.00. The normalized spacial score (nSPS) is 14.6. The molecule has 1 saturated heterocycles. The zero-order valence-electron chi connectivity index (χ0n) is 14.8. The highest BCUT2D eigenvalue weighted by Crippen LogP contribution is 2.21. The van der Waals surface area contributed by atoms with Crippen LogP contribution in [0.3, 0.4) is 0 Å². The molecule has 0 spiro atoms. The van der Waals surface area contributed by atoms with Gasteiger partial charge in [-0.2, -0.15) is 0 Å². The van der Waals surface area contributed by atoms with Crippen molar-refractivity contribution in [2.45, 2.75) is 6.54 Å². The number of carbonyl (C=O) groups is 1. The molecule has 1 aliphatic rings. The summed E-state index contributed by atoms with van der Waals surface area (Å²) in [6.07, 6.45) is 1.70. The Balaban J connectivity index is 1.45. The molecule has 0 radical (unpaired) electrons. The van der Waals surface area contributed by atoms with Crippen LogP contribution in [0.15, 0.2) is 65.6 Å². The number of pyridine rings is 1. The third kappa shape index (κ3) is 3.69. The quantitative estimate of drug-likeness (QED) is 0.700. The van der Waals surface area contributed by atoms with Gasteiger partial charge in [-0.1, -0.05) is 29.8 Å². The number of anilines is 1. The monoisotopic (exact) mass is 381 g/mol. The van der Waals surface area contributed by atoms with E-state index in [9.17, 15) is 9.59 Å². The number of piperazine rings is 1. The number of halogens is 1. The van der Waals surface area contributed by atoms with Crippen molar-refractivity contribution >= 4 is 34.1 Å². The molecule has 6 heteroatoms. The minimum Gasteiger partial charge on any atom is -0.368 e. The fraction of sp³-hybridized carbons (Fsp3) is 0.238. The molecule has 27 heavy (non-hydrogen) atoms. The van der Waals surface area contributed by atoms with Crippen LogP contribution in [0, 0.1) is 0 Å². The number of hydrogen-bond donors (Lipinski definition) is 0. The van der Waals surface area contributed by atoms with Crippen LogP contribution < -0.4 is 10.3 Å². The van der Waals surface area contributed by atoms with Crippen molar-refractivity contribution in [3.63, 3.8) is 0 Å². The highest BCUT2D eigenvalue weighted by Gasteiger charge is 2.21. The first kappa shape index (κ1) is 17.6. The molecule has 1 aromatic heterocycles. The first-order valence-corrected chi connectivity index (χ1v) is 9.36. The summed E-state index contributed by atoms with van der Waals surface area (Å²) in [5.74, 6) is 0.0644. The first-order chi connectivity index (χ1) is 13.1. The van der Waals surface area contributed by atoms with Gasteiger partial charge in [-0.05, 0) is 30.3 Å². The van der Waals surface area contributed by atoms with Crippen LogP contribution in [0.25, 0.3) is 10.9 Å². The van der Waals surface area contributed by atoms with E-state index in [0.717, 1.165) is 29.3 Å². The zero-order valence-corrected chi connectivity index (χ0v) is 15.6. The Kier molecular flexibility index (Phi) is 4.86. The topological polar surface area (TPSA) is 45.6 Å².